The second kappa shape index (κ2) is 4.20. The molecule has 0 saturated carbocycles. The van der Waals surface area contributed by atoms with E-state index in [-0.39, 0.29) is 0 Å². The number of nitrogen functional groups attached to an aromatic ring is 1. The van der Waals surface area contributed by atoms with Gasteiger partial charge in [0.1, 0.15) is 0 Å². The molecule has 0 aliphatic rings. The summed E-state index contributed by atoms with van der Waals surface area (Å²) in [7, 11) is -3.42. The van der Waals surface area contributed by atoms with E-state index in [0.717, 1.165) is 0 Å². The van der Waals surface area contributed by atoms with Crippen LogP contribution in [-0.4, -0.2) is 15.0 Å². The monoisotopic (exact) mass is 228 g/mol. The molecule has 0 fully saturated rings. The van der Waals surface area contributed by atoms with Gasteiger partial charge in [-0.15, -0.1) is 0 Å². The highest BCUT2D eigenvalue weighted by molar-refractivity contribution is 7.89. The molecule has 84 valence electrons. The fourth-order valence-electron chi connectivity index (χ4n) is 1.52. The van der Waals surface area contributed by atoms with Crippen LogP contribution >= 0.6 is 0 Å². The predicted octanol–water partition coefficient (Wildman–Crippen LogP) is 1.18. The van der Waals surface area contributed by atoms with Gasteiger partial charge < -0.3 is 5.73 Å². The Balaban J connectivity index is 3.43. The molecule has 3 N–H and O–H groups in total. The summed E-state index contributed by atoms with van der Waals surface area (Å²) in [5.41, 5.74) is 7.51. The van der Waals surface area contributed by atoms with Gasteiger partial charge in [-0.2, -0.15) is 0 Å². The molecule has 5 heteroatoms. The molecule has 1 rings (SSSR count). The van der Waals surface area contributed by atoms with Crippen LogP contribution in [0.4, 0.5) is 5.69 Å². The summed E-state index contributed by atoms with van der Waals surface area (Å²) >= 11 is 0. The number of benzene rings is 1. The van der Waals surface area contributed by atoms with Crippen molar-refractivity contribution in [1.29, 1.82) is 0 Å². The second-order valence-electron chi connectivity index (χ2n) is 3.43. The zero-order valence-electron chi connectivity index (χ0n) is 9.16. The molecule has 0 saturated heterocycles. The maximum Gasteiger partial charge on any atom is 0.241 e. The molecule has 0 bridgehead atoms. The standard InChI is InChI=1S/C10H16N2O2S/c1-4-12-15(13,14)10-7(2)5-6-9(11)8(10)3/h5-6,12H,4,11H2,1-3H3. The van der Waals surface area contributed by atoms with E-state index in [1.165, 1.54) is 0 Å². The van der Waals surface area contributed by atoms with Crippen molar-refractivity contribution in [2.75, 3.05) is 12.3 Å². The van der Waals surface area contributed by atoms with Crippen LogP contribution in [-0.2, 0) is 10.0 Å². The van der Waals surface area contributed by atoms with E-state index >= 15 is 0 Å². The van der Waals surface area contributed by atoms with E-state index in [9.17, 15) is 8.42 Å². The summed E-state index contributed by atoms with van der Waals surface area (Å²) in [6, 6.07) is 3.43. The van der Waals surface area contributed by atoms with Gasteiger partial charge in [0, 0.05) is 12.2 Å². The minimum atomic E-state index is -3.42. The van der Waals surface area contributed by atoms with Crippen molar-refractivity contribution in [1.82, 2.24) is 4.72 Å². The van der Waals surface area contributed by atoms with Crippen molar-refractivity contribution in [2.24, 2.45) is 0 Å². The molecule has 0 unspecified atom stereocenters. The summed E-state index contributed by atoms with van der Waals surface area (Å²) in [6.45, 7) is 5.59. The van der Waals surface area contributed by atoms with Gasteiger partial charge in [-0.1, -0.05) is 13.0 Å². The molecular formula is C10H16N2O2S. The molecule has 4 nitrogen and oxygen atoms in total. The van der Waals surface area contributed by atoms with Gasteiger partial charge in [-0.05, 0) is 31.0 Å². The molecule has 0 aliphatic heterocycles. The van der Waals surface area contributed by atoms with Crippen LogP contribution < -0.4 is 10.5 Å². The maximum absolute atomic E-state index is 11.9. The number of nitrogens with one attached hydrogen (secondary N) is 1. The number of nitrogens with two attached hydrogens (primary N) is 1. The molecule has 0 amide bonds. The van der Waals surface area contributed by atoms with E-state index in [2.05, 4.69) is 4.72 Å². The van der Waals surface area contributed by atoms with Crippen LogP contribution in [0.3, 0.4) is 0 Å². The molecular weight excluding hydrogens is 212 g/mol. The average molecular weight is 228 g/mol. The van der Waals surface area contributed by atoms with E-state index in [0.29, 0.717) is 28.3 Å². The van der Waals surface area contributed by atoms with Gasteiger partial charge in [0.25, 0.3) is 0 Å². The molecule has 0 aliphatic carbocycles. The molecule has 15 heavy (non-hydrogen) atoms. The number of rotatable bonds is 3. The van der Waals surface area contributed by atoms with Crippen molar-refractivity contribution < 1.29 is 8.42 Å². The fourth-order valence-corrected chi connectivity index (χ4v) is 3.06. The highest BCUT2D eigenvalue weighted by Crippen LogP contribution is 2.24. The molecule has 0 aromatic heterocycles. The summed E-state index contributed by atoms with van der Waals surface area (Å²) < 4.78 is 26.2. The van der Waals surface area contributed by atoms with E-state index in [1.807, 2.05) is 0 Å². The Morgan fingerprint density at radius 1 is 1.33 bits per heavy atom. The van der Waals surface area contributed by atoms with Crippen molar-refractivity contribution in [3.05, 3.63) is 23.3 Å². The number of hydrogen-bond acceptors (Lipinski definition) is 3. The van der Waals surface area contributed by atoms with Crippen molar-refractivity contribution >= 4 is 15.7 Å². The Kier molecular flexibility index (Phi) is 3.36. The Hall–Kier alpha value is -1.07. The first kappa shape index (κ1) is 12.0. The Morgan fingerprint density at radius 2 is 1.93 bits per heavy atom. The molecule has 0 spiro atoms. The van der Waals surface area contributed by atoms with E-state index in [1.54, 1.807) is 32.9 Å². The van der Waals surface area contributed by atoms with Crippen LogP contribution in [0.1, 0.15) is 18.1 Å². The fraction of sp³-hybridized carbons (Fsp3) is 0.400. The van der Waals surface area contributed by atoms with Crippen LogP contribution in [0.2, 0.25) is 0 Å². The maximum atomic E-state index is 11.9. The van der Waals surface area contributed by atoms with Crippen molar-refractivity contribution in [3.63, 3.8) is 0 Å². The SMILES string of the molecule is CCNS(=O)(=O)c1c(C)ccc(N)c1C. The van der Waals surface area contributed by atoms with E-state index < -0.39 is 10.0 Å². The molecule has 1 aromatic carbocycles. The molecule has 0 heterocycles. The third kappa shape index (κ3) is 2.30. The lowest BCUT2D eigenvalue weighted by Crippen LogP contribution is -2.25. The van der Waals surface area contributed by atoms with Crippen LogP contribution in [0.5, 0.6) is 0 Å². The molecule has 0 atom stereocenters. The van der Waals surface area contributed by atoms with Gasteiger partial charge in [0.05, 0.1) is 4.90 Å². The van der Waals surface area contributed by atoms with Gasteiger partial charge in [0.2, 0.25) is 10.0 Å². The molecule has 1 aromatic rings. The Bertz CT molecular complexity index is 467. The van der Waals surface area contributed by atoms with E-state index in [4.69, 9.17) is 5.73 Å². The molecule has 0 radical (unpaired) electrons. The smallest absolute Gasteiger partial charge is 0.241 e. The van der Waals surface area contributed by atoms with Gasteiger partial charge in [0.15, 0.2) is 0 Å². The van der Waals surface area contributed by atoms with Crippen molar-refractivity contribution in [3.8, 4) is 0 Å². The van der Waals surface area contributed by atoms with Gasteiger partial charge in [-0.25, -0.2) is 13.1 Å². The highest BCUT2D eigenvalue weighted by atomic mass is 32.2. The summed E-state index contributed by atoms with van der Waals surface area (Å²) in [5.74, 6) is 0. The minimum absolute atomic E-state index is 0.296. The number of aryl methyl sites for hydroxylation is 1. The van der Waals surface area contributed by atoms with Gasteiger partial charge >= 0.3 is 0 Å². The lowest BCUT2D eigenvalue weighted by atomic mass is 10.1. The normalized spacial score (nSPS) is 11.7. The lowest BCUT2D eigenvalue weighted by molar-refractivity contribution is 0.582. The first-order chi connectivity index (χ1) is 6.90. The number of hydrogen-bond donors (Lipinski definition) is 2. The Morgan fingerprint density at radius 3 is 2.47 bits per heavy atom. The van der Waals surface area contributed by atoms with Crippen LogP contribution in [0.25, 0.3) is 0 Å². The Labute approximate surface area is 90.5 Å². The zero-order chi connectivity index (χ0) is 11.6. The largest absolute Gasteiger partial charge is 0.398 e. The number of sulfonamides is 1. The third-order valence-corrected chi connectivity index (χ3v) is 4.08. The summed E-state index contributed by atoms with van der Waals surface area (Å²) in [6.07, 6.45) is 0. The number of anilines is 1. The topological polar surface area (TPSA) is 72.2 Å². The predicted molar refractivity (Wildman–Crippen MR) is 61.2 cm³/mol. The third-order valence-electron chi connectivity index (χ3n) is 2.25. The minimum Gasteiger partial charge on any atom is -0.398 e. The van der Waals surface area contributed by atoms with Crippen LogP contribution in [0.15, 0.2) is 17.0 Å². The lowest BCUT2D eigenvalue weighted by Gasteiger charge is -2.12. The summed E-state index contributed by atoms with van der Waals surface area (Å²) in [5, 5.41) is 0. The van der Waals surface area contributed by atoms with Gasteiger partial charge in [-0.3, -0.25) is 0 Å². The first-order valence-electron chi connectivity index (χ1n) is 4.75. The summed E-state index contributed by atoms with van der Waals surface area (Å²) in [4.78, 5) is 0.296. The quantitative estimate of drug-likeness (QED) is 0.763. The highest BCUT2D eigenvalue weighted by Gasteiger charge is 2.19. The van der Waals surface area contributed by atoms with Crippen molar-refractivity contribution in [2.45, 2.75) is 25.7 Å². The first-order valence-corrected chi connectivity index (χ1v) is 6.23. The second-order valence-corrected chi connectivity index (χ2v) is 5.13. The average Bonchev–Trinajstić information content (AvgIpc) is 2.11. The zero-order valence-corrected chi connectivity index (χ0v) is 9.98. The van der Waals surface area contributed by atoms with Crippen LogP contribution in [0, 0.1) is 13.8 Å².